The normalized spacial score (nSPS) is 12.6. The Kier molecular flexibility index (Phi) is 5.75. The highest BCUT2D eigenvalue weighted by Gasteiger charge is 2.15. The SMILES string of the molecule is CCC(C)c1ccc(OCC(=O)c2ccccc2S(=O)(=O)[O-])cc1. The highest BCUT2D eigenvalue weighted by molar-refractivity contribution is 7.85. The van der Waals surface area contributed by atoms with Gasteiger partial charge in [0.2, 0.25) is 5.78 Å². The molecule has 2 rings (SSSR count). The lowest BCUT2D eigenvalue weighted by Crippen LogP contribution is -2.15. The Morgan fingerprint density at radius 2 is 1.75 bits per heavy atom. The van der Waals surface area contributed by atoms with Crippen LogP contribution in [0.25, 0.3) is 0 Å². The summed E-state index contributed by atoms with van der Waals surface area (Å²) in [6.07, 6.45) is 1.03. The second-order valence-electron chi connectivity index (χ2n) is 5.54. The maximum absolute atomic E-state index is 12.2. The van der Waals surface area contributed by atoms with E-state index in [0.29, 0.717) is 11.7 Å². The summed E-state index contributed by atoms with van der Waals surface area (Å²) in [6, 6.07) is 12.7. The second kappa shape index (κ2) is 7.59. The summed E-state index contributed by atoms with van der Waals surface area (Å²) >= 11 is 0. The van der Waals surface area contributed by atoms with Crippen LogP contribution in [0.2, 0.25) is 0 Å². The van der Waals surface area contributed by atoms with E-state index in [1.807, 2.05) is 12.1 Å². The van der Waals surface area contributed by atoms with Gasteiger partial charge in [0.25, 0.3) is 0 Å². The number of hydrogen-bond acceptors (Lipinski definition) is 5. The minimum absolute atomic E-state index is 0.149. The van der Waals surface area contributed by atoms with E-state index < -0.39 is 20.8 Å². The van der Waals surface area contributed by atoms with Gasteiger partial charge in [-0.3, -0.25) is 4.79 Å². The first-order chi connectivity index (χ1) is 11.3. The van der Waals surface area contributed by atoms with Crippen molar-refractivity contribution in [3.8, 4) is 5.75 Å². The number of ketones is 1. The van der Waals surface area contributed by atoms with E-state index in [-0.39, 0.29) is 12.2 Å². The van der Waals surface area contributed by atoms with Gasteiger partial charge in [-0.05, 0) is 42.2 Å². The molecule has 0 aliphatic rings. The molecule has 2 aromatic rings. The molecule has 24 heavy (non-hydrogen) atoms. The molecule has 0 saturated carbocycles. The third kappa shape index (κ3) is 4.43. The average Bonchev–Trinajstić information content (AvgIpc) is 2.58. The van der Waals surface area contributed by atoms with Crippen molar-refractivity contribution in [1.29, 1.82) is 0 Å². The van der Waals surface area contributed by atoms with Crippen molar-refractivity contribution in [2.75, 3.05) is 6.61 Å². The Labute approximate surface area is 142 Å². The third-order valence-electron chi connectivity index (χ3n) is 3.89. The molecule has 0 heterocycles. The molecule has 1 atom stereocenters. The Bertz CT molecular complexity index is 810. The molecule has 0 aromatic heterocycles. The fourth-order valence-corrected chi connectivity index (χ4v) is 2.97. The molecular weight excluding hydrogens is 328 g/mol. The van der Waals surface area contributed by atoms with Gasteiger partial charge in [0.15, 0.2) is 6.61 Å². The summed E-state index contributed by atoms with van der Waals surface area (Å²) in [4.78, 5) is 11.7. The highest BCUT2D eigenvalue weighted by Crippen LogP contribution is 2.22. The van der Waals surface area contributed by atoms with Crippen LogP contribution in [0, 0.1) is 0 Å². The van der Waals surface area contributed by atoms with E-state index in [2.05, 4.69) is 13.8 Å². The smallest absolute Gasteiger partial charge is 0.201 e. The summed E-state index contributed by atoms with van der Waals surface area (Å²) < 4.78 is 39.1. The van der Waals surface area contributed by atoms with Crippen LogP contribution < -0.4 is 4.74 Å². The first kappa shape index (κ1) is 18.2. The van der Waals surface area contributed by atoms with Gasteiger partial charge in [0.05, 0.1) is 4.90 Å². The molecule has 0 bridgehead atoms. The van der Waals surface area contributed by atoms with Crippen LogP contribution in [-0.4, -0.2) is 25.4 Å². The molecule has 6 heteroatoms. The van der Waals surface area contributed by atoms with E-state index >= 15 is 0 Å². The van der Waals surface area contributed by atoms with Gasteiger partial charge in [0.1, 0.15) is 15.9 Å². The molecule has 0 amide bonds. The topological polar surface area (TPSA) is 83.5 Å². The van der Waals surface area contributed by atoms with Crippen molar-refractivity contribution in [3.05, 3.63) is 59.7 Å². The van der Waals surface area contributed by atoms with Gasteiger partial charge < -0.3 is 9.29 Å². The fourth-order valence-electron chi connectivity index (χ4n) is 2.27. The zero-order chi connectivity index (χ0) is 17.7. The maximum atomic E-state index is 12.2. The Morgan fingerprint density at radius 3 is 2.33 bits per heavy atom. The predicted molar refractivity (Wildman–Crippen MR) is 89.4 cm³/mol. The monoisotopic (exact) mass is 347 g/mol. The largest absolute Gasteiger partial charge is 0.744 e. The number of rotatable bonds is 7. The van der Waals surface area contributed by atoms with E-state index in [4.69, 9.17) is 4.74 Å². The molecule has 0 N–H and O–H groups in total. The molecule has 1 unspecified atom stereocenters. The predicted octanol–water partition coefficient (Wildman–Crippen LogP) is 3.37. The molecule has 0 aliphatic carbocycles. The van der Waals surface area contributed by atoms with E-state index in [0.717, 1.165) is 12.5 Å². The van der Waals surface area contributed by atoms with Crippen molar-refractivity contribution in [2.24, 2.45) is 0 Å². The van der Waals surface area contributed by atoms with Crippen LogP contribution in [0.15, 0.2) is 53.4 Å². The van der Waals surface area contributed by atoms with Gasteiger partial charge in [-0.25, -0.2) is 8.42 Å². The lowest BCUT2D eigenvalue weighted by molar-refractivity contribution is 0.0918. The summed E-state index contributed by atoms with van der Waals surface area (Å²) in [5, 5.41) is 0. The van der Waals surface area contributed by atoms with Crippen LogP contribution in [0.4, 0.5) is 0 Å². The van der Waals surface area contributed by atoms with Crippen LogP contribution in [0.3, 0.4) is 0 Å². The second-order valence-corrected chi connectivity index (χ2v) is 6.89. The van der Waals surface area contributed by atoms with Crippen LogP contribution in [0.5, 0.6) is 5.75 Å². The summed E-state index contributed by atoms with van der Waals surface area (Å²) in [5.74, 6) is 0.392. The van der Waals surface area contributed by atoms with Crippen LogP contribution in [-0.2, 0) is 10.1 Å². The first-order valence-electron chi connectivity index (χ1n) is 7.63. The van der Waals surface area contributed by atoms with E-state index in [9.17, 15) is 17.8 Å². The number of hydrogen-bond donors (Lipinski definition) is 0. The Balaban J connectivity index is 2.09. The number of ether oxygens (including phenoxy) is 1. The summed E-state index contributed by atoms with van der Waals surface area (Å²) in [6.45, 7) is 3.89. The van der Waals surface area contributed by atoms with Gasteiger partial charge in [-0.2, -0.15) is 0 Å². The van der Waals surface area contributed by atoms with Crippen molar-refractivity contribution in [1.82, 2.24) is 0 Å². The molecule has 128 valence electrons. The zero-order valence-corrected chi connectivity index (χ0v) is 14.4. The lowest BCUT2D eigenvalue weighted by Gasteiger charge is -2.13. The molecule has 0 aliphatic heterocycles. The van der Waals surface area contributed by atoms with Gasteiger partial charge >= 0.3 is 0 Å². The van der Waals surface area contributed by atoms with Crippen molar-refractivity contribution in [3.63, 3.8) is 0 Å². The molecular formula is C18H19O5S-. The Hall–Kier alpha value is -2.18. The summed E-state index contributed by atoms with van der Waals surface area (Å²) in [5.41, 5.74) is 1.03. The molecule has 5 nitrogen and oxygen atoms in total. The highest BCUT2D eigenvalue weighted by atomic mass is 32.2. The fraction of sp³-hybridized carbons (Fsp3) is 0.278. The first-order valence-corrected chi connectivity index (χ1v) is 9.04. The molecule has 0 fully saturated rings. The lowest BCUT2D eigenvalue weighted by atomic mass is 9.99. The third-order valence-corrected chi connectivity index (χ3v) is 4.78. The van der Waals surface area contributed by atoms with Gasteiger partial charge in [-0.15, -0.1) is 0 Å². The number of benzene rings is 2. The van der Waals surface area contributed by atoms with Crippen molar-refractivity contribution >= 4 is 15.9 Å². The summed E-state index contributed by atoms with van der Waals surface area (Å²) in [7, 11) is -4.71. The molecule has 2 aromatic carbocycles. The minimum Gasteiger partial charge on any atom is -0.744 e. The van der Waals surface area contributed by atoms with Gasteiger partial charge in [0, 0.05) is 5.56 Å². The standard InChI is InChI=1S/C18H20O5S/c1-3-13(2)14-8-10-15(11-9-14)23-12-17(19)16-6-4-5-7-18(16)24(20,21)22/h4-11,13H,3,12H2,1-2H3,(H,20,21,22)/p-1. The van der Waals surface area contributed by atoms with Crippen LogP contribution >= 0.6 is 0 Å². The van der Waals surface area contributed by atoms with E-state index in [1.165, 1.54) is 23.8 Å². The number of carbonyl (C=O) groups excluding carboxylic acids is 1. The van der Waals surface area contributed by atoms with Crippen molar-refractivity contribution in [2.45, 2.75) is 31.1 Å². The quantitative estimate of drug-likeness (QED) is 0.566. The minimum atomic E-state index is -4.71. The number of carbonyl (C=O) groups is 1. The van der Waals surface area contributed by atoms with E-state index in [1.54, 1.807) is 12.1 Å². The van der Waals surface area contributed by atoms with Gasteiger partial charge in [-0.1, -0.05) is 38.1 Å². The zero-order valence-electron chi connectivity index (χ0n) is 13.6. The maximum Gasteiger partial charge on any atom is 0.201 e. The van der Waals surface area contributed by atoms with Crippen molar-refractivity contribution < 1.29 is 22.5 Å². The molecule has 0 spiro atoms. The molecule has 0 radical (unpaired) electrons. The average molecular weight is 347 g/mol. The van der Waals surface area contributed by atoms with Crippen LogP contribution in [0.1, 0.15) is 42.1 Å². The Morgan fingerprint density at radius 1 is 1.12 bits per heavy atom. The molecule has 0 saturated heterocycles. The number of Topliss-reactive ketones (excluding diaryl/α,β-unsaturated/α-hetero) is 1.